The van der Waals surface area contributed by atoms with Crippen LogP contribution in [0, 0.1) is 0 Å². The first-order chi connectivity index (χ1) is 6.65. The molecule has 0 fully saturated rings. The number of rotatable bonds is 5. The van der Waals surface area contributed by atoms with Gasteiger partial charge in [-0.1, -0.05) is 31.4 Å². The second-order valence-electron chi connectivity index (χ2n) is 3.11. The number of hydrogen-bond acceptors (Lipinski definition) is 2. The molecule has 0 spiro atoms. The van der Waals surface area contributed by atoms with Crippen LogP contribution in [-0.4, -0.2) is 5.78 Å². The first-order valence-corrected chi connectivity index (χ1v) is 6.62. The summed E-state index contributed by atoms with van der Waals surface area (Å²) in [7, 11) is 0. The van der Waals surface area contributed by atoms with E-state index >= 15 is 0 Å². The van der Waals surface area contributed by atoms with Crippen LogP contribution in [0.15, 0.2) is 10.5 Å². The molecule has 0 atom stereocenters. The quantitative estimate of drug-likeness (QED) is 0.556. The van der Waals surface area contributed by atoms with Crippen LogP contribution >= 0.6 is 38.9 Å². The van der Waals surface area contributed by atoms with Crippen molar-refractivity contribution in [3.05, 3.63) is 19.8 Å². The molecule has 1 aromatic rings. The minimum atomic E-state index is 0.205. The van der Waals surface area contributed by atoms with Crippen molar-refractivity contribution in [1.82, 2.24) is 0 Å². The number of ketones is 1. The molecule has 14 heavy (non-hydrogen) atoms. The molecule has 1 nitrogen and oxygen atoms in total. The predicted molar refractivity (Wildman–Crippen MR) is 65.5 cm³/mol. The molecule has 4 heteroatoms. The van der Waals surface area contributed by atoms with Gasteiger partial charge >= 0.3 is 0 Å². The minimum Gasteiger partial charge on any atom is -0.293 e. The Morgan fingerprint density at radius 1 is 1.57 bits per heavy atom. The second-order valence-corrected chi connectivity index (χ2v) is 5.62. The number of carbonyl (C=O) groups excluding carboxylic acids is 1. The van der Waals surface area contributed by atoms with Crippen LogP contribution in [0.2, 0.25) is 4.34 Å². The zero-order chi connectivity index (χ0) is 10.6. The van der Waals surface area contributed by atoms with E-state index in [4.69, 9.17) is 11.6 Å². The van der Waals surface area contributed by atoms with Crippen molar-refractivity contribution in [2.45, 2.75) is 32.6 Å². The highest BCUT2D eigenvalue weighted by molar-refractivity contribution is 9.10. The zero-order valence-corrected chi connectivity index (χ0v) is 11.1. The Bertz CT molecular complexity index is 302. The van der Waals surface area contributed by atoms with Crippen molar-refractivity contribution in [3.8, 4) is 0 Å². The molecule has 0 N–H and O–H groups in total. The number of carbonyl (C=O) groups is 1. The van der Waals surface area contributed by atoms with Crippen LogP contribution in [0.25, 0.3) is 0 Å². The lowest BCUT2D eigenvalue weighted by Gasteiger charge is -1.95. The molecule has 0 aromatic carbocycles. The largest absolute Gasteiger partial charge is 0.293 e. The summed E-state index contributed by atoms with van der Waals surface area (Å²) in [6.45, 7) is 2.13. The van der Waals surface area contributed by atoms with Crippen molar-refractivity contribution >= 4 is 44.7 Å². The van der Waals surface area contributed by atoms with E-state index in [0.717, 1.165) is 28.6 Å². The monoisotopic (exact) mass is 294 g/mol. The Kier molecular flexibility index (Phi) is 5.13. The third-order valence-corrected chi connectivity index (χ3v) is 4.44. The van der Waals surface area contributed by atoms with Crippen molar-refractivity contribution < 1.29 is 4.79 Å². The number of hydrogen-bond donors (Lipinski definition) is 0. The number of thiophene rings is 1. The van der Waals surface area contributed by atoms with E-state index in [1.807, 2.05) is 0 Å². The first-order valence-electron chi connectivity index (χ1n) is 4.63. The Hall–Kier alpha value is 0.140. The molecule has 78 valence electrons. The van der Waals surface area contributed by atoms with E-state index in [-0.39, 0.29) is 5.78 Å². The summed E-state index contributed by atoms with van der Waals surface area (Å²) in [6.07, 6.45) is 3.87. The maximum atomic E-state index is 11.6. The number of unbranched alkanes of at least 4 members (excludes halogenated alkanes) is 2. The summed E-state index contributed by atoms with van der Waals surface area (Å²) in [4.78, 5) is 12.4. The highest BCUT2D eigenvalue weighted by Crippen LogP contribution is 2.32. The van der Waals surface area contributed by atoms with Crippen LogP contribution in [-0.2, 0) is 0 Å². The lowest BCUT2D eigenvalue weighted by Crippen LogP contribution is -1.94. The molecule has 1 heterocycles. The average molecular weight is 296 g/mol. The third-order valence-electron chi connectivity index (χ3n) is 1.93. The molecule has 1 aromatic heterocycles. The third kappa shape index (κ3) is 3.37. The maximum absolute atomic E-state index is 11.6. The fourth-order valence-electron chi connectivity index (χ4n) is 1.14. The summed E-state index contributed by atoms with van der Waals surface area (Å²) < 4.78 is 1.48. The van der Waals surface area contributed by atoms with Crippen LogP contribution in [0.5, 0.6) is 0 Å². The molecule has 1 rings (SSSR count). The Balaban J connectivity index is 2.52. The SMILES string of the molecule is CCCCCC(=O)c1cc(Br)c(Cl)s1. The van der Waals surface area contributed by atoms with Gasteiger partial charge in [-0.25, -0.2) is 0 Å². The lowest BCUT2D eigenvalue weighted by molar-refractivity contribution is 0.0983. The molecule has 0 unspecified atom stereocenters. The normalized spacial score (nSPS) is 10.5. The fraction of sp³-hybridized carbons (Fsp3) is 0.500. The Morgan fingerprint density at radius 3 is 2.79 bits per heavy atom. The van der Waals surface area contributed by atoms with Gasteiger partial charge in [0, 0.05) is 10.9 Å². The van der Waals surface area contributed by atoms with E-state index in [9.17, 15) is 4.79 Å². The van der Waals surface area contributed by atoms with Crippen LogP contribution in [0.3, 0.4) is 0 Å². The van der Waals surface area contributed by atoms with Gasteiger partial charge in [-0.2, -0.15) is 0 Å². The summed E-state index contributed by atoms with van der Waals surface area (Å²) >= 11 is 10.5. The topological polar surface area (TPSA) is 17.1 Å². The van der Waals surface area contributed by atoms with Gasteiger partial charge < -0.3 is 0 Å². The van der Waals surface area contributed by atoms with Gasteiger partial charge in [-0.15, -0.1) is 11.3 Å². The molecule has 0 bridgehead atoms. The fourth-order valence-corrected chi connectivity index (χ4v) is 2.81. The van der Waals surface area contributed by atoms with Crippen molar-refractivity contribution in [2.75, 3.05) is 0 Å². The van der Waals surface area contributed by atoms with E-state index in [1.54, 1.807) is 6.07 Å². The van der Waals surface area contributed by atoms with Crippen LogP contribution in [0.1, 0.15) is 42.3 Å². The van der Waals surface area contributed by atoms with E-state index in [1.165, 1.54) is 11.3 Å². The van der Waals surface area contributed by atoms with Crippen molar-refractivity contribution in [3.63, 3.8) is 0 Å². The lowest BCUT2D eigenvalue weighted by atomic mass is 10.1. The van der Waals surface area contributed by atoms with Crippen LogP contribution in [0.4, 0.5) is 0 Å². The van der Waals surface area contributed by atoms with E-state index in [0.29, 0.717) is 10.8 Å². The molecular weight excluding hydrogens is 284 g/mol. The molecule has 0 aliphatic rings. The molecular formula is C10H12BrClOS. The summed E-state index contributed by atoms with van der Waals surface area (Å²) in [5, 5.41) is 0. The van der Waals surface area contributed by atoms with E-state index in [2.05, 4.69) is 22.9 Å². The van der Waals surface area contributed by atoms with Gasteiger partial charge in [0.25, 0.3) is 0 Å². The average Bonchev–Trinajstić information content (AvgIpc) is 2.47. The standard InChI is InChI=1S/C10H12BrClOS/c1-2-3-4-5-8(13)9-6-7(11)10(12)14-9/h6H,2-5H2,1H3. The van der Waals surface area contributed by atoms with Gasteiger partial charge in [0.2, 0.25) is 0 Å². The first kappa shape index (κ1) is 12.2. The van der Waals surface area contributed by atoms with Gasteiger partial charge in [0.15, 0.2) is 5.78 Å². The van der Waals surface area contributed by atoms with Crippen molar-refractivity contribution in [1.29, 1.82) is 0 Å². The minimum absolute atomic E-state index is 0.205. The predicted octanol–water partition coefficient (Wildman–Crippen LogP) is 4.93. The summed E-state index contributed by atoms with van der Waals surface area (Å²) in [5.41, 5.74) is 0. The zero-order valence-electron chi connectivity index (χ0n) is 7.98. The van der Waals surface area contributed by atoms with Gasteiger partial charge in [0.05, 0.1) is 4.88 Å². The molecule has 0 aliphatic carbocycles. The smallest absolute Gasteiger partial charge is 0.172 e. The number of Topliss-reactive ketones (excluding diaryl/α,β-unsaturated/α-hetero) is 1. The van der Waals surface area contributed by atoms with Crippen molar-refractivity contribution in [2.24, 2.45) is 0 Å². The summed E-state index contributed by atoms with van der Waals surface area (Å²) in [6, 6.07) is 1.81. The molecule has 0 radical (unpaired) electrons. The number of halogens is 2. The van der Waals surface area contributed by atoms with Crippen LogP contribution < -0.4 is 0 Å². The Labute approximate surface area is 102 Å². The van der Waals surface area contributed by atoms with Gasteiger partial charge in [-0.05, 0) is 28.4 Å². The Morgan fingerprint density at radius 2 is 2.29 bits per heavy atom. The molecule has 0 saturated heterocycles. The summed E-state index contributed by atoms with van der Waals surface area (Å²) in [5.74, 6) is 0.205. The molecule has 0 saturated carbocycles. The highest BCUT2D eigenvalue weighted by Gasteiger charge is 2.11. The van der Waals surface area contributed by atoms with Gasteiger partial charge in [-0.3, -0.25) is 4.79 Å². The maximum Gasteiger partial charge on any atom is 0.172 e. The molecule has 0 aliphatic heterocycles. The van der Waals surface area contributed by atoms with E-state index < -0.39 is 0 Å². The second kappa shape index (κ2) is 5.89. The molecule has 0 amide bonds. The van der Waals surface area contributed by atoms with Gasteiger partial charge in [0.1, 0.15) is 4.34 Å². The highest BCUT2D eigenvalue weighted by atomic mass is 79.9.